The Morgan fingerprint density at radius 1 is 0.726 bits per heavy atom. The first-order valence-electron chi connectivity index (χ1n) is 28.4. The van der Waals surface area contributed by atoms with Crippen LogP contribution in [0.2, 0.25) is 0 Å². The number of aliphatic carboxylic acids is 2. The van der Waals surface area contributed by atoms with Crippen LogP contribution in [-0.2, 0) is 63.4 Å². The average Bonchev–Trinajstić information content (AvgIpc) is 3.03. The first-order chi connectivity index (χ1) is 39.6. The zero-order valence-electron chi connectivity index (χ0n) is 50.5. The standard InChI is InChI=1S/C65H84N8O11/c1-40(2)52(35-42(5)62(81)82)72(12)38-53(64(6,7)8)70-61(80)58(66-11)65(9,10)48-27-21-43(22-28-48)36-67-63(83)84-39-44-23-29-49(30-24-44)68-59(78)50(31-34-56(76)77)69-60(79)57(41(3)4)71-54(74)32-33-55(75)73-37-47-19-14-13-17-45(47)25-26-46-18-15-16-20-51(46)73/h13-24,27-30,35,40-41,50,52-53,57-58,66H,31-34,36-39H2,1-12H3,(H,67,83)(H,68,78)(H,69,79)(H,70,80)(H,71,74)(H,76,77)(H,81,82)/b42-35+/t50-,52+,53+,57-,58+/m0/s1. The van der Waals surface area contributed by atoms with Crippen LogP contribution in [0.3, 0.4) is 0 Å². The van der Waals surface area contributed by atoms with Crippen molar-refractivity contribution in [3.63, 3.8) is 0 Å². The topological polar surface area (TPSA) is 265 Å². The second-order valence-electron chi connectivity index (χ2n) is 23.7. The number of ether oxygens (including phenoxy) is 1. The molecule has 8 N–H and O–H groups in total. The Hall–Kier alpha value is -8.34. The highest BCUT2D eigenvalue weighted by Gasteiger charge is 2.39. The molecule has 1 aliphatic heterocycles. The van der Waals surface area contributed by atoms with Crippen LogP contribution >= 0.6 is 0 Å². The normalized spacial score (nSPS) is 14.2. The number of fused-ring (bicyclic) bond motifs is 2. The van der Waals surface area contributed by atoms with Gasteiger partial charge in [0.15, 0.2) is 0 Å². The van der Waals surface area contributed by atoms with Crippen molar-refractivity contribution in [1.82, 2.24) is 31.5 Å². The third-order valence-electron chi connectivity index (χ3n) is 15.1. The maximum Gasteiger partial charge on any atom is 0.407 e. The van der Waals surface area contributed by atoms with Gasteiger partial charge in [-0.25, -0.2) is 9.59 Å². The predicted molar refractivity (Wildman–Crippen MR) is 323 cm³/mol. The number of hydrogen-bond acceptors (Lipinski definition) is 11. The highest BCUT2D eigenvalue weighted by Crippen LogP contribution is 2.30. The molecule has 6 amide bonds. The molecule has 0 aromatic heterocycles. The summed E-state index contributed by atoms with van der Waals surface area (Å²) < 4.78 is 5.47. The number of rotatable bonds is 27. The van der Waals surface area contributed by atoms with E-state index in [0.717, 1.165) is 22.3 Å². The molecule has 0 saturated carbocycles. The first kappa shape index (κ1) is 66.5. The molecule has 0 spiro atoms. The molecule has 84 heavy (non-hydrogen) atoms. The van der Waals surface area contributed by atoms with Crippen molar-refractivity contribution >= 4 is 58.9 Å². The lowest BCUT2D eigenvalue weighted by atomic mass is 9.76. The molecule has 0 fully saturated rings. The van der Waals surface area contributed by atoms with Crippen molar-refractivity contribution in [2.75, 3.05) is 30.9 Å². The average molecular weight is 1150 g/mol. The van der Waals surface area contributed by atoms with Gasteiger partial charge >= 0.3 is 18.0 Å². The molecule has 19 heteroatoms. The van der Waals surface area contributed by atoms with Crippen LogP contribution in [0.1, 0.15) is 128 Å². The summed E-state index contributed by atoms with van der Waals surface area (Å²) in [6.07, 6.45) is 0.00698. The van der Waals surface area contributed by atoms with Crippen LogP contribution in [0.5, 0.6) is 0 Å². The van der Waals surface area contributed by atoms with Gasteiger partial charge in [-0.05, 0) is 97.3 Å². The van der Waals surface area contributed by atoms with E-state index in [1.54, 1.807) is 69.1 Å². The lowest BCUT2D eigenvalue weighted by Gasteiger charge is -2.40. The SMILES string of the molecule is CN[C@H](C(=O)N[C@H](CN(C)[C@H](/C=C(\C)C(=O)O)C(C)C)C(C)(C)C)C(C)(C)c1ccc(CNC(=O)OCc2ccc(NC(=O)[C@H](CCC(=O)O)NC(=O)[C@@H](NC(=O)CCC(=O)N3Cc4ccccc4C#Cc4ccccc43)C(C)C)cc2)cc1. The minimum Gasteiger partial charge on any atom is -0.481 e. The Morgan fingerprint density at radius 3 is 1.95 bits per heavy atom. The predicted octanol–water partition coefficient (Wildman–Crippen LogP) is 7.65. The fourth-order valence-electron chi connectivity index (χ4n) is 9.82. The van der Waals surface area contributed by atoms with Gasteiger partial charge in [0.2, 0.25) is 29.5 Å². The highest BCUT2D eigenvalue weighted by molar-refractivity contribution is 6.00. The zero-order chi connectivity index (χ0) is 62.1. The molecule has 5 atom stereocenters. The molecule has 0 radical (unpaired) electrons. The summed E-state index contributed by atoms with van der Waals surface area (Å²) >= 11 is 0. The van der Waals surface area contributed by atoms with Gasteiger partial charge in [0.1, 0.15) is 18.7 Å². The van der Waals surface area contributed by atoms with E-state index in [1.807, 2.05) is 101 Å². The number of anilines is 2. The number of likely N-dealkylation sites (N-methyl/N-ethyl adjacent to an activating group) is 2. The van der Waals surface area contributed by atoms with Gasteiger partial charge < -0.3 is 51.8 Å². The second-order valence-corrected chi connectivity index (χ2v) is 23.7. The van der Waals surface area contributed by atoms with Crippen LogP contribution in [0.25, 0.3) is 0 Å². The number of nitrogens with one attached hydrogen (secondary N) is 6. The number of para-hydroxylation sites is 1. The number of alkyl carbamates (subject to hydrolysis) is 1. The van der Waals surface area contributed by atoms with Crippen LogP contribution in [0.15, 0.2) is 109 Å². The van der Waals surface area contributed by atoms with Crippen LogP contribution in [0.4, 0.5) is 16.2 Å². The lowest BCUT2D eigenvalue weighted by molar-refractivity contribution is -0.138. The van der Waals surface area contributed by atoms with Gasteiger partial charge in [-0.15, -0.1) is 0 Å². The third kappa shape index (κ3) is 19.1. The zero-order valence-corrected chi connectivity index (χ0v) is 50.5. The van der Waals surface area contributed by atoms with Gasteiger partial charge in [-0.2, -0.15) is 0 Å². The summed E-state index contributed by atoms with van der Waals surface area (Å²) in [5.74, 6) is 1.41. The van der Waals surface area contributed by atoms with Gasteiger partial charge in [0, 0.05) is 72.2 Å². The maximum absolute atomic E-state index is 14.1. The van der Waals surface area contributed by atoms with Crippen molar-refractivity contribution < 1.29 is 53.3 Å². The molecule has 1 aliphatic rings. The van der Waals surface area contributed by atoms with E-state index in [-0.39, 0.29) is 79.8 Å². The number of carboxylic acids is 2. The van der Waals surface area contributed by atoms with Crippen LogP contribution < -0.4 is 36.8 Å². The number of carbonyl (C=O) groups is 8. The lowest BCUT2D eigenvalue weighted by Crippen LogP contribution is -2.59. The Labute approximate surface area is 494 Å². The van der Waals surface area contributed by atoms with Crippen molar-refractivity contribution in [1.29, 1.82) is 0 Å². The highest BCUT2D eigenvalue weighted by atomic mass is 16.5. The molecule has 4 aromatic rings. The van der Waals surface area contributed by atoms with Gasteiger partial charge in [0.05, 0.1) is 18.3 Å². The molecule has 4 aromatic carbocycles. The van der Waals surface area contributed by atoms with Crippen molar-refractivity contribution in [3.8, 4) is 11.8 Å². The van der Waals surface area contributed by atoms with Crippen molar-refractivity contribution in [2.24, 2.45) is 17.3 Å². The number of amides is 6. The quantitative estimate of drug-likeness (QED) is 0.0211. The molecule has 19 nitrogen and oxygen atoms in total. The van der Waals surface area contributed by atoms with Crippen LogP contribution in [0, 0.1) is 29.1 Å². The van der Waals surface area contributed by atoms with E-state index < -0.39 is 71.6 Å². The largest absolute Gasteiger partial charge is 0.481 e. The summed E-state index contributed by atoms with van der Waals surface area (Å²) in [4.78, 5) is 109. The molecule has 0 saturated heterocycles. The van der Waals surface area contributed by atoms with Gasteiger partial charge in [-0.1, -0.05) is 147 Å². The fraction of sp³-hybridized carbons (Fsp3) is 0.446. The van der Waals surface area contributed by atoms with E-state index in [4.69, 9.17) is 4.74 Å². The molecule has 0 bridgehead atoms. The summed E-state index contributed by atoms with van der Waals surface area (Å²) in [6.45, 7) is 20.0. The monoisotopic (exact) mass is 1150 g/mol. The summed E-state index contributed by atoms with van der Waals surface area (Å²) in [5, 5.41) is 36.4. The first-order valence-corrected chi connectivity index (χ1v) is 28.4. The Morgan fingerprint density at radius 2 is 1.35 bits per heavy atom. The van der Waals surface area contributed by atoms with Crippen molar-refractivity contribution in [2.45, 2.75) is 150 Å². The molecule has 450 valence electrons. The minimum atomic E-state index is -1.30. The van der Waals surface area contributed by atoms with Crippen molar-refractivity contribution in [3.05, 3.63) is 142 Å². The summed E-state index contributed by atoms with van der Waals surface area (Å²) in [7, 11) is 3.69. The molecular weight excluding hydrogens is 1070 g/mol. The second kappa shape index (κ2) is 30.3. The Kier molecular flexibility index (Phi) is 24.0. The van der Waals surface area contributed by atoms with Gasteiger partial charge in [-0.3, -0.25) is 33.7 Å². The number of benzene rings is 4. The van der Waals surface area contributed by atoms with E-state index in [0.29, 0.717) is 29.0 Å². The van der Waals surface area contributed by atoms with Crippen LogP contribution in [-0.4, -0.2) is 114 Å². The summed E-state index contributed by atoms with van der Waals surface area (Å²) in [5.41, 5.74) is 4.82. The number of carbonyl (C=O) groups excluding carboxylic acids is 6. The Bertz CT molecular complexity index is 3080. The van der Waals surface area contributed by atoms with E-state index in [2.05, 4.69) is 69.4 Å². The molecular formula is C65H84N8O11. The van der Waals surface area contributed by atoms with E-state index in [1.165, 1.54) is 0 Å². The molecule has 0 aliphatic carbocycles. The van der Waals surface area contributed by atoms with Gasteiger partial charge in [0.25, 0.3) is 0 Å². The Balaban J connectivity index is 1.11. The summed E-state index contributed by atoms with van der Waals surface area (Å²) in [6, 6.07) is 25.4. The molecule has 1 heterocycles. The maximum atomic E-state index is 14.1. The third-order valence-corrected chi connectivity index (χ3v) is 15.1. The number of hydrogen-bond donors (Lipinski definition) is 8. The van der Waals surface area contributed by atoms with E-state index >= 15 is 0 Å². The van der Waals surface area contributed by atoms with E-state index in [9.17, 15) is 48.6 Å². The number of carboxylic acid groups (broad SMARTS) is 2. The number of nitrogens with zero attached hydrogens (tertiary/aromatic N) is 2. The minimum absolute atomic E-state index is 0.101. The fourth-order valence-corrected chi connectivity index (χ4v) is 9.82. The smallest absolute Gasteiger partial charge is 0.407 e. The molecule has 5 rings (SSSR count). The molecule has 0 unspecified atom stereocenters.